The average molecular weight is 605 g/mol. The molecule has 6 rings (SSSR count). The molecule has 0 aliphatic heterocycles. The molecular formula is C38H52O6. The van der Waals surface area contributed by atoms with Crippen molar-refractivity contribution in [3.05, 3.63) is 59.7 Å². The van der Waals surface area contributed by atoms with Crippen LogP contribution in [0.25, 0.3) is 0 Å². The Balaban J connectivity index is 1.26. The quantitative estimate of drug-likeness (QED) is 0.244. The van der Waals surface area contributed by atoms with Crippen molar-refractivity contribution in [2.24, 2.45) is 23.2 Å². The zero-order chi connectivity index (χ0) is 31.7. The fourth-order valence-corrected chi connectivity index (χ4v) is 8.49. The summed E-state index contributed by atoms with van der Waals surface area (Å²) < 4.78 is 17.8. The topological polar surface area (TPSA) is 82.1 Å². The van der Waals surface area contributed by atoms with E-state index in [1.807, 2.05) is 58.9 Å². The molecule has 4 saturated carbocycles. The first-order valence-electron chi connectivity index (χ1n) is 16.7. The lowest BCUT2D eigenvalue weighted by Crippen LogP contribution is -2.53. The maximum atomic E-state index is 13.2. The number of carbonyl (C=O) groups excluding carboxylic acids is 2. The van der Waals surface area contributed by atoms with Gasteiger partial charge < -0.3 is 19.3 Å². The van der Waals surface area contributed by atoms with Crippen molar-refractivity contribution in [2.75, 3.05) is 6.61 Å². The van der Waals surface area contributed by atoms with E-state index in [2.05, 4.69) is 19.1 Å². The number of benzene rings is 2. The minimum absolute atomic E-state index is 0.0753. The first-order valence-corrected chi connectivity index (χ1v) is 16.7. The van der Waals surface area contributed by atoms with Crippen molar-refractivity contribution in [1.82, 2.24) is 0 Å². The molecule has 0 radical (unpaired) electrons. The van der Waals surface area contributed by atoms with Crippen molar-refractivity contribution in [2.45, 2.75) is 122 Å². The second-order valence-corrected chi connectivity index (χ2v) is 15.7. The van der Waals surface area contributed by atoms with E-state index in [1.165, 1.54) is 24.8 Å². The van der Waals surface area contributed by atoms with Crippen LogP contribution in [0.5, 0.6) is 11.5 Å². The van der Waals surface area contributed by atoms with Crippen LogP contribution in [0.2, 0.25) is 0 Å². The molecule has 0 aromatic heterocycles. The Hall–Kier alpha value is -3.02. The van der Waals surface area contributed by atoms with Crippen LogP contribution in [0.4, 0.5) is 0 Å². The number of phenolic OH excluding ortho intramolecular Hbond substituents is 1. The SMILES string of the molecule is CCC(CC(CC(C)(C)C(=O)OC(C)(C)C)c1ccc(OCC(=O)OC23CC4CC(CC(C4)C2)C3)cc1)c1ccc(O)cc1. The Labute approximate surface area is 263 Å². The normalized spacial score (nSPS) is 25.7. The molecule has 4 aliphatic rings. The van der Waals surface area contributed by atoms with E-state index < -0.39 is 11.0 Å². The molecule has 2 atom stereocenters. The lowest BCUT2D eigenvalue weighted by molar-refractivity contribution is -0.188. The number of hydrogen-bond donors (Lipinski definition) is 1. The maximum Gasteiger partial charge on any atom is 0.344 e. The summed E-state index contributed by atoms with van der Waals surface area (Å²) in [6.07, 6.45) is 9.37. The summed E-state index contributed by atoms with van der Waals surface area (Å²) in [5, 5.41) is 9.82. The highest BCUT2D eigenvalue weighted by Crippen LogP contribution is 2.57. The Morgan fingerprint density at radius 2 is 1.36 bits per heavy atom. The van der Waals surface area contributed by atoms with E-state index >= 15 is 0 Å². The van der Waals surface area contributed by atoms with Gasteiger partial charge in [-0.05, 0) is 157 Å². The summed E-state index contributed by atoms with van der Waals surface area (Å²) in [7, 11) is 0. The molecule has 0 heterocycles. The molecule has 4 fully saturated rings. The van der Waals surface area contributed by atoms with E-state index in [-0.39, 0.29) is 41.7 Å². The molecular weight excluding hydrogens is 552 g/mol. The Kier molecular flexibility index (Phi) is 9.39. The third-order valence-electron chi connectivity index (χ3n) is 10.2. The first-order chi connectivity index (χ1) is 20.7. The van der Waals surface area contributed by atoms with Gasteiger partial charge in [0.25, 0.3) is 0 Å². The van der Waals surface area contributed by atoms with Crippen LogP contribution in [0.15, 0.2) is 48.5 Å². The van der Waals surface area contributed by atoms with Gasteiger partial charge in [-0.25, -0.2) is 4.79 Å². The molecule has 0 spiro atoms. The second-order valence-electron chi connectivity index (χ2n) is 15.7. The van der Waals surface area contributed by atoms with Crippen LogP contribution in [-0.2, 0) is 19.1 Å². The van der Waals surface area contributed by atoms with Gasteiger partial charge in [-0.1, -0.05) is 31.2 Å². The number of rotatable bonds is 12. The van der Waals surface area contributed by atoms with Crippen molar-refractivity contribution in [3.63, 3.8) is 0 Å². The van der Waals surface area contributed by atoms with Crippen LogP contribution in [0.1, 0.15) is 122 Å². The molecule has 2 aromatic rings. The van der Waals surface area contributed by atoms with E-state index in [0.717, 1.165) is 55.4 Å². The van der Waals surface area contributed by atoms with E-state index in [9.17, 15) is 14.7 Å². The molecule has 6 nitrogen and oxygen atoms in total. The number of hydrogen-bond acceptors (Lipinski definition) is 6. The van der Waals surface area contributed by atoms with Crippen LogP contribution < -0.4 is 4.74 Å². The van der Waals surface area contributed by atoms with Gasteiger partial charge in [0.2, 0.25) is 0 Å². The lowest BCUT2D eigenvalue weighted by Gasteiger charge is -2.55. The monoisotopic (exact) mass is 604 g/mol. The van der Waals surface area contributed by atoms with Crippen LogP contribution in [0, 0.1) is 23.2 Å². The van der Waals surface area contributed by atoms with Crippen molar-refractivity contribution < 1.29 is 28.9 Å². The molecule has 6 heteroatoms. The van der Waals surface area contributed by atoms with Gasteiger partial charge in [0.1, 0.15) is 22.7 Å². The minimum Gasteiger partial charge on any atom is -0.508 e. The van der Waals surface area contributed by atoms with Crippen LogP contribution in [0.3, 0.4) is 0 Å². The van der Waals surface area contributed by atoms with Crippen molar-refractivity contribution in [3.8, 4) is 11.5 Å². The molecule has 1 N–H and O–H groups in total. The third kappa shape index (κ3) is 7.97. The Morgan fingerprint density at radius 1 is 0.841 bits per heavy atom. The number of carbonyl (C=O) groups is 2. The molecule has 0 amide bonds. The lowest BCUT2D eigenvalue weighted by atomic mass is 9.54. The Bertz CT molecular complexity index is 1250. The van der Waals surface area contributed by atoms with E-state index in [0.29, 0.717) is 12.2 Å². The predicted molar refractivity (Wildman–Crippen MR) is 172 cm³/mol. The zero-order valence-electron chi connectivity index (χ0n) is 27.6. The van der Waals surface area contributed by atoms with Gasteiger partial charge in [-0.15, -0.1) is 0 Å². The third-order valence-corrected chi connectivity index (χ3v) is 10.2. The number of phenols is 1. The summed E-state index contributed by atoms with van der Waals surface area (Å²) in [6.45, 7) is 11.7. The largest absolute Gasteiger partial charge is 0.508 e. The molecule has 240 valence electrons. The van der Waals surface area contributed by atoms with Gasteiger partial charge in [0.15, 0.2) is 6.61 Å². The van der Waals surface area contributed by atoms with E-state index in [4.69, 9.17) is 14.2 Å². The highest BCUT2D eigenvalue weighted by Gasteiger charge is 2.53. The van der Waals surface area contributed by atoms with Gasteiger partial charge >= 0.3 is 11.9 Å². The molecule has 0 saturated heterocycles. The number of ether oxygens (including phenoxy) is 3. The smallest absolute Gasteiger partial charge is 0.344 e. The summed E-state index contributed by atoms with van der Waals surface area (Å²) in [6, 6.07) is 15.4. The molecule has 2 aromatic carbocycles. The van der Waals surface area contributed by atoms with Gasteiger partial charge in [-0.2, -0.15) is 0 Å². The maximum absolute atomic E-state index is 13.2. The predicted octanol–water partition coefficient (Wildman–Crippen LogP) is 8.71. The van der Waals surface area contributed by atoms with Crippen molar-refractivity contribution >= 4 is 11.9 Å². The second kappa shape index (κ2) is 12.8. The molecule has 44 heavy (non-hydrogen) atoms. The van der Waals surface area contributed by atoms with Crippen LogP contribution in [-0.4, -0.2) is 34.9 Å². The van der Waals surface area contributed by atoms with E-state index in [1.54, 1.807) is 12.1 Å². The molecule has 2 unspecified atom stereocenters. The summed E-state index contributed by atoms with van der Waals surface area (Å²) >= 11 is 0. The summed E-state index contributed by atoms with van der Waals surface area (Å²) in [5.41, 5.74) is 0.768. The highest BCUT2D eigenvalue weighted by molar-refractivity contribution is 5.76. The van der Waals surface area contributed by atoms with Gasteiger partial charge in [-0.3, -0.25) is 4.79 Å². The fourth-order valence-electron chi connectivity index (χ4n) is 8.49. The van der Waals surface area contributed by atoms with Gasteiger partial charge in [0.05, 0.1) is 5.41 Å². The standard InChI is InChI=1S/C38H52O6/c1-7-28(29-8-12-32(39)13-9-29)19-31(23-37(5,6)35(41)44-36(2,3)4)30-10-14-33(15-11-30)42-24-34(40)43-38-20-25-16-26(21-38)18-27(17-25)22-38/h8-15,25-28,31,39H,7,16-24H2,1-6H3. The van der Waals surface area contributed by atoms with Gasteiger partial charge in [0, 0.05) is 0 Å². The highest BCUT2D eigenvalue weighted by atomic mass is 16.6. The number of aromatic hydroxyl groups is 1. The minimum atomic E-state index is -0.693. The Morgan fingerprint density at radius 3 is 1.89 bits per heavy atom. The summed E-state index contributed by atoms with van der Waals surface area (Å²) in [5.74, 6) is 2.90. The summed E-state index contributed by atoms with van der Waals surface area (Å²) in [4.78, 5) is 26.1. The van der Waals surface area contributed by atoms with Crippen molar-refractivity contribution in [1.29, 1.82) is 0 Å². The fraction of sp³-hybridized carbons (Fsp3) is 0.632. The first kappa shape index (κ1) is 32.4. The molecule has 4 aliphatic carbocycles. The zero-order valence-corrected chi connectivity index (χ0v) is 27.6. The van der Waals surface area contributed by atoms with Crippen LogP contribution >= 0.6 is 0 Å². The number of esters is 2. The molecule has 4 bridgehead atoms. The average Bonchev–Trinajstić information content (AvgIpc) is 2.93.